The molecule has 31 heavy (non-hydrogen) atoms. The van der Waals surface area contributed by atoms with Crippen molar-refractivity contribution in [3.05, 3.63) is 59.9 Å². The van der Waals surface area contributed by atoms with E-state index >= 15 is 0 Å². The van der Waals surface area contributed by atoms with Gasteiger partial charge >= 0.3 is 0 Å². The number of ether oxygens (including phenoxy) is 1. The number of halogens is 1. The summed E-state index contributed by atoms with van der Waals surface area (Å²) in [5.74, 6) is -0.432. The summed E-state index contributed by atoms with van der Waals surface area (Å²) in [5, 5.41) is 1.04. The zero-order valence-electron chi connectivity index (χ0n) is 17.6. The smallest absolute Gasteiger partial charge is 0.242 e. The maximum Gasteiger partial charge on any atom is 0.242 e. The zero-order chi connectivity index (χ0) is 21.8. The molecule has 0 bridgehead atoms. The van der Waals surface area contributed by atoms with E-state index in [0.717, 1.165) is 27.7 Å². The first-order valence-corrected chi connectivity index (χ1v) is 10.5. The first-order chi connectivity index (χ1) is 15.0. The van der Waals surface area contributed by atoms with E-state index in [1.54, 1.807) is 24.1 Å². The van der Waals surface area contributed by atoms with Crippen LogP contribution in [0.15, 0.2) is 48.5 Å². The number of rotatable bonds is 6. The summed E-state index contributed by atoms with van der Waals surface area (Å²) in [7, 11) is 1.66. The van der Waals surface area contributed by atoms with E-state index in [0.29, 0.717) is 32.7 Å². The first-order valence-electron chi connectivity index (χ1n) is 10.5. The quantitative estimate of drug-likeness (QED) is 0.662. The molecule has 2 heterocycles. The van der Waals surface area contributed by atoms with E-state index in [2.05, 4.69) is 4.98 Å². The van der Waals surface area contributed by atoms with E-state index in [1.807, 2.05) is 24.3 Å². The fourth-order valence-electron chi connectivity index (χ4n) is 3.95. The van der Waals surface area contributed by atoms with Crippen molar-refractivity contribution in [3.63, 3.8) is 0 Å². The molecule has 6 nitrogen and oxygen atoms in total. The number of aromatic nitrogens is 1. The highest BCUT2D eigenvalue weighted by Gasteiger charge is 2.21. The molecule has 0 unspecified atom stereocenters. The van der Waals surface area contributed by atoms with Crippen LogP contribution >= 0.6 is 0 Å². The van der Waals surface area contributed by atoms with Gasteiger partial charge in [-0.1, -0.05) is 18.2 Å². The highest BCUT2D eigenvalue weighted by atomic mass is 19.1. The molecule has 1 N–H and O–H groups in total. The van der Waals surface area contributed by atoms with Crippen LogP contribution in [-0.4, -0.2) is 66.5 Å². The second-order valence-corrected chi connectivity index (χ2v) is 7.77. The molecule has 2 amide bonds. The minimum absolute atomic E-state index is 0.0572. The van der Waals surface area contributed by atoms with Crippen LogP contribution in [0.1, 0.15) is 12.0 Å². The third-order valence-corrected chi connectivity index (χ3v) is 5.70. The molecule has 3 aromatic rings. The van der Waals surface area contributed by atoms with Crippen LogP contribution in [0.2, 0.25) is 0 Å². The number of likely N-dealkylation sites (N-methyl/N-ethyl adjacent to an activating group) is 1. The summed E-state index contributed by atoms with van der Waals surface area (Å²) < 4.78 is 18.7. The number of para-hydroxylation sites is 1. The number of nitrogens with one attached hydrogen (secondary N) is 1. The van der Waals surface area contributed by atoms with Crippen LogP contribution in [0, 0.1) is 5.82 Å². The van der Waals surface area contributed by atoms with Gasteiger partial charge in [-0.2, -0.15) is 0 Å². The molecule has 1 aromatic heterocycles. The normalized spacial score (nSPS) is 14.1. The Hall–Kier alpha value is -3.19. The fraction of sp³-hybridized carbons (Fsp3) is 0.333. The van der Waals surface area contributed by atoms with Crippen LogP contribution < -0.4 is 0 Å². The Morgan fingerprint density at radius 2 is 1.81 bits per heavy atom. The second kappa shape index (κ2) is 9.31. The minimum Gasteiger partial charge on any atom is -0.378 e. The molecule has 0 spiro atoms. The number of benzene rings is 2. The van der Waals surface area contributed by atoms with E-state index in [1.165, 1.54) is 17.0 Å². The molecule has 0 atom stereocenters. The van der Waals surface area contributed by atoms with Crippen molar-refractivity contribution < 1.29 is 18.7 Å². The van der Waals surface area contributed by atoms with Crippen LogP contribution in [0.4, 0.5) is 4.39 Å². The topological polar surface area (TPSA) is 65.6 Å². The summed E-state index contributed by atoms with van der Waals surface area (Å²) in [5.41, 5.74) is 3.75. The predicted molar refractivity (Wildman–Crippen MR) is 117 cm³/mol. The number of carbonyl (C=O) groups is 2. The number of H-pyrrole nitrogens is 1. The van der Waals surface area contributed by atoms with Gasteiger partial charge in [-0.05, 0) is 47.9 Å². The van der Waals surface area contributed by atoms with Gasteiger partial charge in [0.05, 0.1) is 19.8 Å². The number of hydrogen-bond acceptors (Lipinski definition) is 3. The summed E-state index contributed by atoms with van der Waals surface area (Å²) in [6.07, 6.45) is 0.800. The lowest BCUT2D eigenvalue weighted by atomic mass is 10.0. The maximum absolute atomic E-state index is 13.4. The third kappa shape index (κ3) is 4.77. The largest absolute Gasteiger partial charge is 0.378 e. The molecule has 0 radical (unpaired) electrons. The Balaban J connectivity index is 1.47. The lowest BCUT2D eigenvalue weighted by molar-refractivity contribution is -0.141. The number of nitrogens with zero attached hydrogens (tertiary/aromatic N) is 2. The molecule has 1 aliphatic heterocycles. The highest BCUT2D eigenvalue weighted by molar-refractivity contribution is 5.91. The summed E-state index contributed by atoms with van der Waals surface area (Å²) in [6, 6.07) is 14.3. The molecular weight excluding hydrogens is 397 g/mol. The average molecular weight is 423 g/mol. The van der Waals surface area contributed by atoms with Crippen molar-refractivity contribution >= 4 is 22.7 Å². The second-order valence-electron chi connectivity index (χ2n) is 7.77. The van der Waals surface area contributed by atoms with Crippen molar-refractivity contribution in [1.29, 1.82) is 0 Å². The third-order valence-electron chi connectivity index (χ3n) is 5.70. The van der Waals surface area contributed by atoms with Gasteiger partial charge in [0, 0.05) is 43.2 Å². The molecule has 0 aliphatic carbocycles. The predicted octanol–water partition coefficient (Wildman–Crippen LogP) is 3.22. The molecule has 4 rings (SSSR count). The van der Waals surface area contributed by atoms with E-state index < -0.39 is 0 Å². The van der Waals surface area contributed by atoms with Gasteiger partial charge in [0.2, 0.25) is 11.8 Å². The highest BCUT2D eigenvalue weighted by Crippen LogP contribution is 2.31. The monoisotopic (exact) mass is 423 g/mol. The SMILES string of the molecule is CN(CC(=O)N1CCOCC1)C(=O)CCc1c(-c2ccc(F)cc2)[nH]c2ccccc12. The minimum atomic E-state index is -0.289. The van der Waals surface area contributed by atoms with Gasteiger partial charge < -0.3 is 19.5 Å². The van der Waals surface area contributed by atoms with E-state index in [9.17, 15) is 14.0 Å². The number of aryl methyl sites for hydroxylation is 1. The lowest BCUT2D eigenvalue weighted by Gasteiger charge is -2.28. The molecule has 1 saturated heterocycles. The molecule has 0 saturated carbocycles. The van der Waals surface area contributed by atoms with Gasteiger partial charge in [-0.25, -0.2) is 4.39 Å². The molecule has 162 valence electrons. The molecule has 1 aliphatic rings. The Morgan fingerprint density at radius 3 is 2.55 bits per heavy atom. The Labute approximate surface area is 180 Å². The Bertz CT molecular complexity index is 1070. The number of amides is 2. The van der Waals surface area contributed by atoms with Crippen molar-refractivity contribution in [2.75, 3.05) is 39.9 Å². The molecule has 1 fully saturated rings. The number of carbonyl (C=O) groups excluding carboxylic acids is 2. The maximum atomic E-state index is 13.4. The summed E-state index contributed by atoms with van der Waals surface area (Å²) in [6.45, 7) is 2.28. The number of morpholine rings is 1. The van der Waals surface area contributed by atoms with Gasteiger partial charge in [0.1, 0.15) is 5.82 Å². The summed E-state index contributed by atoms with van der Waals surface area (Å²) >= 11 is 0. The standard InChI is InChI=1S/C24H26FN3O3/c1-27(16-23(30)28-12-14-31-15-13-28)22(29)11-10-20-19-4-2-3-5-21(19)26-24(20)17-6-8-18(25)9-7-17/h2-9,26H,10-16H2,1H3. The van der Waals surface area contributed by atoms with E-state index in [4.69, 9.17) is 4.74 Å². The Morgan fingerprint density at radius 1 is 1.10 bits per heavy atom. The van der Waals surface area contributed by atoms with Gasteiger partial charge in [0.15, 0.2) is 0 Å². The van der Waals surface area contributed by atoms with Crippen molar-refractivity contribution in [1.82, 2.24) is 14.8 Å². The zero-order valence-corrected chi connectivity index (χ0v) is 17.6. The van der Waals surface area contributed by atoms with Gasteiger partial charge in [0.25, 0.3) is 0 Å². The van der Waals surface area contributed by atoms with Gasteiger partial charge in [-0.15, -0.1) is 0 Å². The molecular formula is C24H26FN3O3. The average Bonchev–Trinajstić information content (AvgIpc) is 3.17. The van der Waals surface area contributed by atoms with E-state index in [-0.39, 0.29) is 30.6 Å². The first kappa shape index (κ1) is 21.1. The lowest BCUT2D eigenvalue weighted by Crippen LogP contribution is -2.46. The van der Waals surface area contributed by atoms with Crippen molar-refractivity contribution in [2.24, 2.45) is 0 Å². The van der Waals surface area contributed by atoms with Crippen LogP contribution in [0.25, 0.3) is 22.2 Å². The van der Waals surface area contributed by atoms with Crippen LogP contribution in [0.5, 0.6) is 0 Å². The number of hydrogen-bond donors (Lipinski definition) is 1. The van der Waals surface area contributed by atoms with Crippen molar-refractivity contribution in [2.45, 2.75) is 12.8 Å². The van der Waals surface area contributed by atoms with Gasteiger partial charge in [-0.3, -0.25) is 9.59 Å². The van der Waals surface area contributed by atoms with Crippen LogP contribution in [-0.2, 0) is 20.7 Å². The number of aromatic amines is 1. The molecule has 2 aromatic carbocycles. The molecule has 7 heteroatoms. The van der Waals surface area contributed by atoms with Crippen LogP contribution in [0.3, 0.4) is 0 Å². The number of fused-ring (bicyclic) bond motifs is 1. The fourth-order valence-corrected chi connectivity index (χ4v) is 3.95. The van der Waals surface area contributed by atoms with Crippen molar-refractivity contribution in [3.8, 4) is 11.3 Å². The Kier molecular flexibility index (Phi) is 6.32. The summed E-state index contributed by atoms with van der Waals surface area (Å²) in [4.78, 5) is 31.8.